The fourth-order valence-corrected chi connectivity index (χ4v) is 3.09. The molecular formula is C8H3BrFIN3P. The maximum atomic E-state index is 13.8. The lowest BCUT2D eigenvalue weighted by atomic mass is 10.2. The minimum Gasteiger partial charge on any atom is -0.233 e. The van der Waals surface area contributed by atoms with Crippen molar-refractivity contribution in [2.45, 2.75) is 0 Å². The minimum absolute atomic E-state index is 0.264. The third-order valence-corrected chi connectivity index (χ3v) is 4.39. The molecular weight excluding hydrogens is 395 g/mol. The summed E-state index contributed by atoms with van der Waals surface area (Å²) in [6, 6.07) is 5.24. The van der Waals surface area contributed by atoms with E-state index < -0.39 is 0 Å². The van der Waals surface area contributed by atoms with Gasteiger partial charge in [0.15, 0.2) is 11.5 Å². The Labute approximate surface area is 108 Å². The van der Waals surface area contributed by atoms with Crippen LogP contribution in [0.3, 0.4) is 0 Å². The second-order valence-corrected chi connectivity index (χ2v) is 5.61. The van der Waals surface area contributed by atoms with Gasteiger partial charge in [0, 0.05) is 5.39 Å². The molecule has 7 heteroatoms. The van der Waals surface area contributed by atoms with Crippen LogP contribution in [-0.2, 0) is 0 Å². The Hall–Kier alpha value is -0.250. The molecule has 76 valence electrons. The van der Waals surface area contributed by atoms with Crippen molar-refractivity contribution in [3.63, 3.8) is 0 Å². The topological polar surface area (TPSA) is 41.6 Å². The van der Waals surface area contributed by atoms with E-state index in [-0.39, 0.29) is 17.9 Å². The summed E-state index contributed by atoms with van der Waals surface area (Å²) in [5.74, 6) is -0.370. The van der Waals surface area contributed by atoms with Crippen LogP contribution in [0, 0.1) is 17.1 Å². The quantitative estimate of drug-likeness (QED) is 0.545. The monoisotopic (exact) mass is 397 g/mol. The smallest absolute Gasteiger partial charge is 0.170 e. The first-order chi connectivity index (χ1) is 7.19. The molecule has 1 atom stereocenters. The molecule has 1 unspecified atom stereocenters. The average Bonchev–Trinajstić information content (AvgIpc) is 2.62. The van der Waals surface area contributed by atoms with Gasteiger partial charge in [0.05, 0.1) is 10.8 Å². The van der Waals surface area contributed by atoms with Gasteiger partial charge in [0.2, 0.25) is 0 Å². The number of nitrogens with zero attached hydrogens (tertiary/aromatic N) is 3. The van der Waals surface area contributed by atoms with Gasteiger partial charge in [0.1, 0.15) is 11.6 Å². The van der Waals surface area contributed by atoms with Crippen LogP contribution >= 0.6 is 44.3 Å². The lowest BCUT2D eigenvalue weighted by Crippen LogP contribution is -1.87. The number of aromatic nitrogens is 2. The van der Waals surface area contributed by atoms with E-state index in [0.717, 1.165) is 0 Å². The van der Waals surface area contributed by atoms with Gasteiger partial charge in [-0.15, -0.1) is 0 Å². The molecule has 0 N–H and O–H groups in total. The van der Waals surface area contributed by atoms with Crippen molar-refractivity contribution < 1.29 is 4.39 Å². The highest BCUT2D eigenvalue weighted by Gasteiger charge is 2.15. The van der Waals surface area contributed by atoms with Gasteiger partial charge in [-0.25, -0.2) is 8.84 Å². The van der Waals surface area contributed by atoms with Crippen LogP contribution in [0.25, 0.3) is 10.9 Å². The van der Waals surface area contributed by atoms with Crippen LogP contribution in [0.1, 0.15) is 5.69 Å². The Balaban J connectivity index is 2.93. The SMILES string of the molecule is N#Cc1nn(PI)c2c(F)c(Br)ccc12. The summed E-state index contributed by atoms with van der Waals surface area (Å²) >= 11 is 5.21. The lowest BCUT2D eigenvalue weighted by molar-refractivity contribution is 0.628. The fraction of sp³-hybridized carbons (Fsp3) is 0. The predicted molar refractivity (Wildman–Crippen MR) is 69.8 cm³/mol. The normalized spacial score (nSPS) is 11.3. The van der Waals surface area contributed by atoms with E-state index in [1.165, 1.54) is 4.45 Å². The van der Waals surface area contributed by atoms with E-state index in [0.29, 0.717) is 15.4 Å². The van der Waals surface area contributed by atoms with Crippen molar-refractivity contribution in [3.05, 3.63) is 28.1 Å². The molecule has 3 nitrogen and oxygen atoms in total. The molecule has 1 aromatic heterocycles. The van der Waals surface area contributed by atoms with Crippen LogP contribution < -0.4 is 0 Å². The molecule has 0 saturated carbocycles. The Bertz CT molecular complexity index is 577. The second kappa shape index (κ2) is 4.32. The zero-order valence-corrected chi connectivity index (χ0v) is 11.9. The van der Waals surface area contributed by atoms with Gasteiger partial charge in [-0.1, -0.05) is 0 Å². The van der Waals surface area contributed by atoms with Gasteiger partial charge in [-0.2, -0.15) is 10.4 Å². The third-order valence-electron chi connectivity index (χ3n) is 1.92. The summed E-state index contributed by atoms with van der Waals surface area (Å²) in [7, 11) is 0. The van der Waals surface area contributed by atoms with Crippen molar-refractivity contribution in [2.24, 2.45) is 0 Å². The zero-order chi connectivity index (χ0) is 11.0. The van der Waals surface area contributed by atoms with Crippen molar-refractivity contribution in [2.75, 3.05) is 0 Å². The number of rotatable bonds is 1. The minimum atomic E-state index is -0.370. The van der Waals surface area contributed by atoms with E-state index in [1.807, 2.05) is 6.07 Å². The number of halogens is 3. The van der Waals surface area contributed by atoms with Gasteiger partial charge < -0.3 is 0 Å². The largest absolute Gasteiger partial charge is 0.233 e. The van der Waals surface area contributed by atoms with Crippen LogP contribution in [-0.4, -0.2) is 9.55 Å². The molecule has 1 aromatic carbocycles. The highest BCUT2D eigenvalue weighted by molar-refractivity contribution is 14.2. The Morgan fingerprint density at radius 3 is 2.93 bits per heavy atom. The molecule has 0 amide bonds. The molecule has 0 spiro atoms. The number of benzene rings is 1. The molecule has 1 heterocycles. The van der Waals surface area contributed by atoms with Gasteiger partial charge >= 0.3 is 0 Å². The summed E-state index contributed by atoms with van der Waals surface area (Å²) in [6.45, 7) is 0. The van der Waals surface area contributed by atoms with Crippen molar-refractivity contribution >= 4 is 55.2 Å². The molecule has 2 rings (SSSR count). The molecule has 0 aliphatic rings. The summed E-state index contributed by atoms with van der Waals surface area (Å²) in [5.41, 5.74) is 0.647. The number of nitriles is 1. The fourth-order valence-electron chi connectivity index (χ4n) is 1.29. The molecule has 0 bridgehead atoms. The summed E-state index contributed by atoms with van der Waals surface area (Å²) < 4.78 is 15.7. The summed E-state index contributed by atoms with van der Waals surface area (Å²) in [6.07, 6.45) is 0.264. The van der Waals surface area contributed by atoms with E-state index >= 15 is 0 Å². The number of hydrogen-bond acceptors (Lipinski definition) is 2. The van der Waals surface area contributed by atoms with Gasteiger partial charge in [0.25, 0.3) is 0 Å². The summed E-state index contributed by atoms with van der Waals surface area (Å²) in [4.78, 5) is 0. The van der Waals surface area contributed by atoms with Crippen molar-refractivity contribution in [1.82, 2.24) is 9.55 Å². The van der Waals surface area contributed by atoms with Crippen LogP contribution in [0.5, 0.6) is 0 Å². The summed E-state index contributed by atoms with van der Waals surface area (Å²) in [5, 5.41) is 13.4. The van der Waals surface area contributed by atoms with E-state index in [4.69, 9.17) is 5.26 Å². The first kappa shape index (κ1) is 11.2. The molecule has 2 aromatic rings. The van der Waals surface area contributed by atoms with Crippen LogP contribution in [0.15, 0.2) is 16.6 Å². The van der Waals surface area contributed by atoms with E-state index in [9.17, 15) is 4.39 Å². The number of fused-ring (bicyclic) bond motifs is 1. The highest BCUT2D eigenvalue weighted by Crippen LogP contribution is 2.33. The first-order valence-corrected chi connectivity index (χ1v) is 8.68. The second-order valence-electron chi connectivity index (χ2n) is 2.71. The molecule has 0 radical (unpaired) electrons. The molecule has 15 heavy (non-hydrogen) atoms. The zero-order valence-electron chi connectivity index (χ0n) is 7.13. The van der Waals surface area contributed by atoms with Gasteiger partial charge in [-0.05, 0) is 50.1 Å². The first-order valence-electron chi connectivity index (χ1n) is 3.82. The standard InChI is InChI=1S/C8H3BrFIN3P/c9-5-2-1-4-6(3-12)13-14(15-11)8(4)7(5)10/h1-2,15H. The lowest BCUT2D eigenvalue weighted by Gasteiger charge is -1.99. The maximum Gasteiger partial charge on any atom is 0.170 e. The molecule has 0 fully saturated rings. The van der Waals surface area contributed by atoms with Crippen LogP contribution in [0.4, 0.5) is 4.39 Å². The Morgan fingerprint density at radius 2 is 2.33 bits per heavy atom. The van der Waals surface area contributed by atoms with Gasteiger partial charge in [-0.3, -0.25) is 0 Å². The molecule has 0 aliphatic heterocycles. The molecule has 0 saturated heterocycles. The third kappa shape index (κ3) is 1.77. The average molecular weight is 398 g/mol. The Kier molecular flexibility index (Phi) is 3.24. The number of hydrogen-bond donors (Lipinski definition) is 0. The van der Waals surface area contributed by atoms with E-state index in [1.54, 1.807) is 12.1 Å². The van der Waals surface area contributed by atoms with Crippen molar-refractivity contribution in [3.8, 4) is 6.07 Å². The van der Waals surface area contributed by atoms with E-state index in [2.05, 4.69) is 43.1 Å². The van der Waals surface area contributed by atoms with Crippen LogP contribution in [0.2, 0.25) is 0 Å². The Morgan fingerprint density at radius 1 is 1.60 bits per heavy atom. The highest BCUT2D eigenvalue weighted by atomic mass is 127. The predicted octanol–water partition coefficient (Wildman–Crippen LogP) is 3.60. The maximum absolute atomic E-state index is 13.8. The van der Waals surface area contributed by atoms with Crippen molar-refractivity contribution in [1.29, 1.82) is 5.26 Å². The molecule has 0 aliphatic carbocycles.